The molecule has 3 rings (SSSR count). The summed E-state index contributed by atoms with van der Waals surface area (Å²) in [4.78, 5) is 37.7. The van der Waals surface area contributed by atoms with Crippen LogP contribution in [0, 0.1) is 0 Å². The fourth-order valence-corrected chi connectivity index (χ4v) is 2.89. The van der Waals surface area contributed by atoms with Crippen LogP contribution in [0.25, 0.3) is 0 Å². The molecular formula is C20H22N2O6. The van der Waals surface area contributed by atoms with Crippen LogP contribution in [0.3, 0.4) is 0 Å². The highest BCUT2D eigenvalue weighted by Gasteiger charge is 2.20. The molecule has 0 radical (unpaired) electrons. The average molecular weight is 386 g/mol. The number of carbonyl (C=O) groups excluding carboxylic acids is 3. The zero-order valence-corrected chi connectivity index (χ0v) is 16.1. The van der Waals surface area contributed by atoms with Crippen molar-refractivity contribution in [3.8, 4) is 11.5 Å². The lowest BCUT2D eigenvalue weighted by Gasteiger charge is -2.21. The summed E-state index contributed by atoms with van der Waals surface area (Å²) in [5, 5.41) is 0. The summed E-state index contributed by atoms with van der Waals surface area (Å²) in [5.41, 5.74) is 1.52. The largest absolute Gasteiger partial charge is 0.454 e. The van der Waals surface area contributed by atoms with Gasteiger partial charge in [-0.05, 0) is 37.6 Å². The Labute approximate surface area is 162 Å². The lowest BCUT2D eigenvalue weighted by atomic mass is 10.2. The van der Waals surface area contributed by atoms with Gasteiger partial charge in [0.1, 0.15) is 5.69 Å². The molecule has 0 aliphatic carbocycles. The van der Waals surface area contributed by atoms with Gasteiger partial charge >= 0.3 is 5.97 Å². The number of likely N-dealkylation sites (N-methyl/N-ethyl adjacent to an activating group) is 1. The summed E-state index contributed by atoms with van der Waals surface area (Å²) < 4.78 is 17.3. The number of amides is 1. The average Bonchev–Trinajstić information content (AvgIpc) is 3.29. The minimum absolute atomic E-state index is 0.147. The van der Waals surface area contributed by atoms with Gasteiger partial charge in [-0.3, -0.25) is 9.59 Å². The summed E-state index contributed by atoms with van der Waals surface area (Å²) in [6.07, 6.45) is 1.55. The Hall–Kier alpha value is -3.29. The molecule has 8 nitrogen and oxygen atoms in total. The van der Waals surface area contributed by atoms with Crippen LogP contribution in [0.4, 0.5) is 0 Å². The van der Waals surface area contributed by atoms with E-state index in [1.165, 1.54) is 17.6 Å². The Morgan fingerprint density at radius 2 is 1.93 bits per heavy atom. The number of nitrogens with zero attached hydrogens (tertiary/aromatic N) is 2. The van der Waals surface area contributed by atoms with Gasteiger partial charge in [0.2, 0.25) is 6.79 Å². The van der Waals surface area contributed by atoms with Crippen LogP contribution in [0.2, 0.25) is 0 Å². The standard InChI is InChI=1S/C20H22N2O6/c1-4-22(9-14-5-6-17-18(7-14)28-12-27-17)19(24)11-26-20(25)16-8-15(13(2)23)10-21(16)3/h5-8,10H,4,9,11-12H2,1-3H3. The molecule has 1 aromatic heterocycles. The predicted molar refractivity (Wildman–Crippen MR) is 99.4 cm³/mol. The second-order valence-corrected chi connectivity index (χ2v) is 6.45. The molecule has 28 heavy (non-hydrogen) atoms. The second kappa shape index (κ2) is 8.16. The molecule has 0 N–H and O–H groups in total. The number of hydrogen-bond acceptors (Lipinski definition) is 6. The van der Waals surface area contributed by atoms with E-state index in [-0.39, 0.29) is 30.8 Å². The number of Topliss-reactive ketones (excluding diaryl/α,β-unsaturated/α-hetero) is 1. The minimum atomic E-state index is -0.650. The molecule has 0 saturated heterocycles. The molecule has 0 saturated carbocycles. The topological polar surface area (TPSA) is 87.1 Å². The van der Waals surface area contributed by atoms with Gasteiger partial charge in [0.15, 0.2) is 23.9 Å². The van der Waals surface area contributed by atoms with Crippen LogP contribution >= 0.6 is 0 Å². The highest BCUT2D eigenvalue weighted by Crippen LogP contribution is 2.32. The number of ether oxygens (including phenoxy) is 3. The quantitative estimate of drug-likeness (QED) is 0.535. The number of ketones is 1. The van der Waals surface area contributed by atoms with Gasteiger partial charge in [-0.25, -0.2) is 4.79 Å². The normalized spacial score (nSPS) is 12.0. The molecule has 0 spiro atoms. The zero-order valence-electron chi connectivity index (χ0n) is 16.1. The zero-order chi connectivity index (χ0) is 20.3. The summed E-state index contributed by atoms with van der Waals surface area (Å²) in [6.45, 7) is 3.91. The first kappa shape index (κ1) is 19.5. The molecule has 0 fully saturated rings. The number of rotatable bonds is 7. The SMILES string of the molecule is CCN(Cc1ccc2c(c1)OCO2)C(=O)COC(=O)c1cc(C(C)=O)cn1C. The fraction of sp³-hybridized carbons (Fsp3) is 0.350. The molecule has 0 bridgehead atoms. The predicted octanol–water partition coefficient (Wildman–Crippen LogP) is 2.16. The monoisotopic (exact) mass is 386 g/mol. The number of hydrogen-bond donors (Lipinski definition) is 0. The van der Waals surface area contributed by atoms with Crippen LogP contribution in [-0.4, -0.2) is 47.1 Å². The maximum atomic E-state index is 12.5. The molecule has 2 aromatic rings. The van der Waals surface area contributed by atoms with Crippen molar-refractivity contribution < 1.29 is 28.6 Å². The smallest absolute Gasteiger partial charge is 0.355 e. The summed E-state index contributed by atoms with van der Waals surface area (Å²) >= 11 is 0. The van der Waals surface area contributed by atoms with Gasteiger partial charge < -0.3 is 23.7 Å². The van der Waals surface area contributed by atoms with Crippen LogP contribution in [0.1, 0.15) is 40.3 Å². The molecule has 1 aliphatic heterocycles. The highest BCUT2D eigenvalue weighted by atomic mass is 16.7. The van der Waals surface area contributed by atoms with Crippen molar-refractivity contribution in [2.24, 2.45) is 7.05 Å². The van der Waals surface area contributed by atoms with Crippen LogP contribution < -0.4 is 9.47 Å². The number of aromatic nitrogens is 1. The number of benzene rings is 1. The lowest BCUT2D eigenvalue weighted by Crippen LogP contribution is -2.34. The van der Waals surface area contributed by atoms with Crippen LogP contribution in [0.15, 0.2) is 30.5 Å². The maximum absolute atomic E-state index is 12.5. The lowest BCUT2D eigenvalue weighted by molar-refractivity contribution is -0.135. The third-order valence-corrected chi connectivity index (χ3v) is 4.49. The molecule has 0 unspecified atom stereocenters. The number of esters is 1. The van der Waals surface area contributed by atoms with E-state index in [0.717, 1.165) is 5.56 Å². The number of carbonyl (C=O) groups is 3. The molecule has 148 valence electrons. The van der Waals surface area contributed by atoms with Gasteiger partial charge in [-0.2, -0.15) is 0 Å². The third kappa shape index (κ3) is 4.16. The molecule has 8 heteroatoms. The van der Waals surface area contributed by atoms with Crippen LogP contribution in [0.5, 0.6) is 11.5 Å². The fourth-order valence-electron chi connectivity index (χ4n) is 2.89. The first-order valence-corrected chi connectivity index (χ1v) is 8.89. The summed E-state index contributed by atoms with van der Waals surface area (Å²) in [6, 6.07) is 6.96. The Kier molecular flexibility index (Phi) is 5.67. The van der Waals surface area contributed by atoms with Gasteiger partial charge in [-0.15, -0.1) is 0 Å². The van der Waals surface area contributed by atoms with Crippen molar-refractivity contribution in [2.45, 2.75) is 20.4 Å². The Morgan fingerprint density at radius 3 is 2.61 bits per heavy atom. The number of aryl methyl sites for hydroxylation is 1. The van der Waals surface area contributed by atoms with Crippen molar-refractivity contribution in [2.75, 3.05) is 19.9 Å². The van der Waals surface area contributed by atoms with Crippen molar-refractivity contribution in [1.82, 2.24) is 9.47 Å². The maximum Gasteiger partial charge on any atom is 0.355 e. The van der Waals surface area contributed by atoms with Crippen LogP contribution in [-0.2, 0) is 23.1 Å². The molecule has 1 amide bonds. The van der Waals surface area contributed by atoms with Crippen molar-refractivity contribution in [3.63, 3.8) is 0 Å². The van der Waals surface area contributed by atoms with E-state index in [2.05, 4.69) is 0 Å². The van der Waals surface area contributed by atoms with E-state index in [0.29, 0.717) is 30.2 Å². The third-order valence-electron chi connectivity index (χ3n) is 4.49. The molecule has 2 heterocycles. The van der Waals surface area contributed by atoms with E-state index in [1.807, 2.05) is 19.1 Å². The Bertz CT molecular complexity index is 917. The Balaban J connectivity index is 1.59. The van der Waals surface area contributed by atoms with Gasteiger partial charge in [0.05, 0.1) is 0 Å². The number of fused-ring (bicyclic) bond motifs is 1. The molecule has 1 aromatic carbocycles. The van der Waals surface area contributed by atoms with E-state index in [4.69, 9.17) is 14.2 Å². The van der Waals surface area contributed by atoms with Gasteiger partial charge in [0, 0.05) is 31.9 Å². The van der Waals surface area contributed by atoms with Crippen molar-refractivity contribution in [3.05, 3.63) is 47.3 Å². The molecule has 0 atom stereocenters. The van der Waals surface area contributed by atoms with E-state index < -0.39 is 5.97 Å². The molecule has 1 aliphatic rings. The van der Waals surface area contributed by atoms with E-state index in [9.17, 15) is 14.4 Å². The van der Waals surface area contributed by atoms with E-state index in [1.54, 1.807) is 24.2 Å². The van der Waals surface area contributed by atoms with Gasteiger partial charge in [-0.1, -0.05) is 6.07 Å². The highest BCUT2D eigenvalue weighted by molar-refractivity contribution is 5.98. The Morgan fingerprint density at radius 1 is 1.18 bits per heavy atom. The molecular weight excluding hydrogens is 364 g/mol. The van der Waals surface area contributed by atoms with Crippen molar-refractivity contribution in [1.29, 1.82) is 0 Å². The summed E-state index contributed by atoms with van der Waals surface area (Å²) in [7, 11) is 1.64. The first-order chi connectivity index (χ1) is 13.4. The first-order valence-electron chi connectivity index (χ1n) is 8.89. The van der Waals surface area contributed by atoms with Gasteiger partial charge in [0.25, 0.3) is 5.91 Å². The minimum Gasteiger partial charge on any atom is -0.454 e. The summed E-state index contributed by atoms with van der Waals surface area (Å²) in [5.74, 6) is 0.223. The van der Waals surface area contributed by atoms with E-state index >= 15 is 0 Å². The van der Waals surface area contributed by atoms with Crippen molar-refractivity contribution >= 4 is 17.7 Å². The second-order valence-electron chi connectivity index (χ2n) is 6.45.